The Balaban J connectivity index is 1.76. The fourth-order valence-corrected chi connectivity index (χ4v) is 4.16. The number of rotatable bonds is 8. The van der Waals surface area contributed by atoms with Crippen molar-refractivity contribution in [1.29, 1.82) is 0 Å². The number of aromatic nitrogens is 1. The highest BCUT2D eigenvalue weighted by atomic mass is 16.5. The summed E-state index contributed by atoms with van der Waals surface area (Å²) in [5.74, 6) is 0.597. The fraction of sp³-hybridized carbons (Fsp3) is 0.667. The van der Waals surface area contributed by atoms with Crippen LogP contribution in [0, 0.1) is 5.92 Å². The molecule has 3 amide bonds. The largest absolute Gasteiger partial charge is 0.383 e. The predicted octanol–water partition coefficient (Wildman–Crippen LogP) is 2.37. The lowest BCUT2D eigenvalue weighted by atomic mass is 9.85. The molecule has 2 saturated heterocycles. The lowest BCUT2D eigenvalue weighted by Gasteiger charge is -2.42. The Hall–Kier alpha value is -1.99. The van der Waals surface area contributed by atoms with E-state index in [4.69, 9.17) is 4.74 Å². The van der Waals surface area contributed by atoms with Gasteiger partial charge in [-0.05, 0) is 43.4 Å². The van der Waals surface area contributed by atoms with Crippen LogP contribution in [-0.4, -0.2) is 77.1 Å². The number of carbonyl (C=O) groups is 2. The van der Waals surface area contributed by atoms with E-state index in [2.05, 4.69) is 23.7 Å². The highest BCUT2D eigenvalue weighted by Crippen LogP contribution is 2.38. The number of nitrogens with zero attached hydrogens (tertiary/aromatic N) is 4. The molecule has 7 nitrogen and oxygen atoms in total. The van der Waals surface area contributed by atoms with Gasteiger partial charge in [-0.1, -0.05) is 19.9 Å². The van der Waals surface area contributed by atoms with Crippen molar-refractivity contribution in [3.8, 4) is 0 Å². The lowest BCUT2D eigenvalue weighted by molar-refractivity contribution is -0.136. The molecule has 0 unspecified atom stereocenters. The Kier molecular flexibility index (Phi) is 6.67. The number of amides is 3. The molecule has 0 aromatic carbocycles. The van der Waals surface area contributed by atoms with Crippen LogP contribution in [0.1, 0.15) is 38.7 Å². The van der Waals surface area contributed by atoms with Gasteiger partial charge >= 0.3 is 6.03 Å². The molecule has 0 radical (unpaired) electrons. The molecule has 2 fully saturated rings. The molecule has 1 spiro atoms. The number of piperidine rings is 1. The fourth-order valence-electron chi connectivity index (χ4n) is 4.16. The molecule has 0 atom stereocenters. The Morgan fingerprint density at radius 2 is 1.96 bits per heavy atom. The number of carbonyl (C=O) groups excluding carboxylic acids is 2. The van der Waals surface area contributed by atoms with Gasteiger partial charge in [0.25, 0.3) is 5.91 Å². The van der Waals surface area contributed by atoms with Crippen LogP contribution in [0.5, 0.6) is 0 Å². The highest BCUT2D eigenvalue weighted by Gasteiger charge is 2.57. The molecule has 0 bridgehead atoms. The van der Waals surface area contributed by atoms with Gasteiger partial charge in [0, 0.05) is 39.1 Å². The van der Waals surface area contributed by atoms with Crippen molar-refractivity contribution in [2.24, 2.45) is 5.92 Å². The van der Waals surface area contributed by atoms with E-state index in [0.717, 1.165) is 31.6 Å². The minimum absolute atomic E-state index is 0.0686. The van der Waals surface area contributed by atoms with Gasteiger partial charge in [0.05, 0.1) is 13.2 Å². The summed E-state index contributed by atoms with van der Waals surface area (Å²) in [5.41, 5.74) is 0.133. The van der Waals surface area contributed by atoms with E-state index in [0.29, 0.717) is 31.9 Å². The van der Waals surface area contributed by atoms with Gasteiger partial charge in [-0.2, -0.15) is 0 Å². The number of likely N-dealkylation sites (tertiary alicyclic amines) is 1. The van der Waals surface area contributed by atoms with Crippen molar-refractivity contribution in [3.63, 3.8) is 0 Å². The molecule has 0 aliphatic carbocycles. The van der Waals surface area contributed by atoms with E-state index >= 15 is 0 Å². The summed E-state index contributed by atoms with van der Waals surface area (Å²) in [7, 11) is 1.62. The molecule has 154 valence electrons. The Morgan fingerprint density at radius 1 is 1.21 bits per heavy atom. The molecule has 7 heteroatoms. The zero-order chi connectivity index (χ0) is 20.1. The SMILES string of the molecule is COCCN1C(=O)N(Cc2cccnc2)C(=O)C12CCN(CCC(C)C)CC2. The summed E-state index contributed by atoms with van der Waals surface area (Å²) in [6.45, 7) is 8.34. The second kappa shape index (κ2) is 9.01. The van der Waals surface area contributed by atoms with Crippen molar-refractivity contribution in [2.45, 2.75) is 45.2 Å². The number of pyridine rings is 1. The number of methoxy groups -OCH3 is 1. The molecule has 1 aromatic rings. The standard InChI is InChI=1S/C21H32N4O3/c1-17(2)6-10-23-11-7-21(8-12-23)19(26)24(16-18-5-4-9-22-15-18)20(27)25(21)13-14-28-3/h4-5,9,15,17H,6-8,10-14,16H2,1-3H3. The summed E-state index contributed by atoms with van der Waals surface area (Å²) in [4.78, 5) is 36.2. The molecule has 28 heavy (non-hydrogen) atoms. The van der Waals surface area contributed by atoms with Gasteiger partial charge in [-0.3, -0.25) is 14.7 Å². The number of urea groups is 1. The summed E-state index contributed by atoms with van der Waals surface area (Å²) in [6.07, 6.45) is 5.92. The molecule has 2 aliphatic rings. The zero-order valence-corrected chi connectivity index (χ0v) is 17.3. The Labute approximate surface area is 167 Å². The Morgan fingerprint density at radius 3 is 2.57 bits per heavy atom. The third-order valence-electron chi connectivity index (χ3n) is 5.91. The van der Waals surface area contributed by atoms with E-state index in [-0.39, 0.29) is 18.5 Å². The van der Waals surface area contributed by atoms with Gasteiger partial charge in [-0.25, -0.2) is 4.79 Å². The van der Waals surface area contributed by atoms with Crippen LogP contribution in [0.3, 0.4) is 0 Å². The van der Waals surface area contributed by atoms with Crippen LogP contribution in [0.15, 0.2) is 24.5 Å². The quantitative estimate of drug-likeness (QED) is 0.640. The molecular weight excluding hydrogens is 356 g/mol. The number of hydrogen-bond donors (Lipinski definition) is 0. The maximum absolute atomic E-state index is 13.4. The molecule has 0 saturated carbocycles. The molecular formula is C21H32N4O3. The first-order valence-electron chi connectivity index (χ1n) is 10.2. The predicted molar refractivity (Wildman–Crippen MR) is 107 cm³/mol. The van der Waals surface area contributed by atoms with Crippen molar-refractivity contribution in [3.05, 3.63) is 30.1 Å². The average molecular weight is 389 g/mol. The molecule has 2 aliphatic heterocycles. The van der Waals surface area contributed by atoms with Gasteiger partial charge in [0.1, 0.15) is 5.54 Å². The number of ether oxygens (including phenoxy) is 1. The first kappa shape index (κ1) is 20.7. The summed E-state index contributed by atoms with van der Waals surface area (Å²) in [5, 5.41) is 0. The van der Waals surface area contributed by atoms with Gasteiger partial charge in [0.15, 0.2) is 0 Å². The average Bonchev–Trinajstić information content (AvgIpc) is 2.88. The topological polar surface area (TPSA) is 66.0 Å². The van der Waals surface area contributed by atoms with Crippen LogP contribution >= 0.6 is 0 Å². The third-order valence-corrected chi connectivity index (χ3v) is 5.91. The second-order valence-corrected chi connectivity index (χ2v) is 8.24. The van der Waals surface area contributed by atoms with Crippen molar-refractivity contribution in [1.82, 2.24) is 19.7 Å². The van der Waals surface area contributed by atoms with E-state index in [1.165, 1.54) is 4.90 Å². The zero-order valence-electron chi connectivity index (χ0n) is 17.3. The monoisotopic (exact) mass is 388 g/mol. The van der Waals surface area contributed by atoms with E-state index in [9.17, 15) is 9.59 Å². The molecule has 1 aromatic heterocycles. The van der Waals surface area contributed by atoms with Crippen LogP contribution in [-0.2, 0) is 16.1 Å². The van der Waals surface area contributed by atoms with Crippen molar-refractivity contribution >= 4 is 11.9 Å². The van der Waals surface area contributed by atoms with Crippen LogP contribution in [0.2, 0.25) is 0 Å². The summed E-state index contributed by atoms with van der Waals surface area (Å²) in [6, 6.07) is 3.51. The van der Waals surface area contributed by atoms with Gasteiger partial charge in [-0.15, -0.1) is 0 Å². The van der Waals surface area contributed by atoms with Crippen molar-refractivity contribution in [2.75, 3.05) is 39.9 Å². The van der Waals surface area contributed by atoms with E-state index in [1.807, 2.05) is 12.1 Å². The summed E-state index contributed by atoms with van der Waals surface area (Å²) < 4.78 is 5.22. The van der Waals surface area contributed by atoms with Gasteiger partial charge < -0.3 is 14.5 Å². The maximum Gasteiger partial charge on any atom is 0.328 e. The first-order valence-corrected chi connectivity index (χ1v) is 10.2. The minimum atomic E-state index is -0.730. The molecule has 3 rings (SSSR count). The van der Waals surface area contributed by atoms with Crippen LogP contribution in [0.25, 0.3) is 0 Å². The van der Waals surface area contributed by atoms with Crippen LogP contribution < -0.4 is 0 Å². The normalized spacial score (nSPS) is 20.0. The van der Waals surface area contributed by atoms with Crippen molar-refractivity contribution < 1.29 is 14.3 Å². The first-order chi connectivity index (χ1) is 13.5. The minimum Gasteiger partial charge on any atom is -0.383 e. The highest BCUT2D eigenvalue weighted by molar-refractivity contribution is 6.07. The second-order valence-electron chi connectivity index (χ2n) is 8.24. The molecule has 0 N–H and O–H groups in total. The number of hydrogen-bond acceptors (Lipinski definition) is 5. The van der Waals surface area contributed by atoms with E-state index < -0.39 is 5.54 Å². The summed E-state index contributed by atoms with van der Waals surface area (Å²) >= 11 is 0. The van der Waals surface area contributed by atoms with Crippen LogP contribution in [0.4, 0.5) is 4.79 Å². The Bertz CT molecular complexity index is 671. The number of imide groups is 1. The lowest BCUT2D eigenvalue weighted by Crippen LogP contribution is -2.57. The van der Waals surface area contributed by atoms with E-state index in [1.54, 1.807) is 24.4 Å². The smallest absolute Gasteiger partial charge is 0.328 e. The van der Waals surface area contributed by atoms with Gasteiger partial charge in [0.2, 0.25) is 0 Å². The molecule has 3 heterocycles. The third kappa shape index (κ3) is 4.20. The maximum atomic E-state index is 13.4.